The van der Waals surface area contributed by atoms with Crippen LogP contribution in [-0.4, -0.2) is 42.2 Å². The molecule has 3 atom stereocenters. The normalized spacial score (nSPS) is 25.5. The number of nitrogens with zero attached hydrogens (tertiary/aromatic N) is 1. The van der Waals surface area contributed by atoms with E-state index in [0.717, 1.165) is 61.2 Å². The van der Waals surface area contributed by atoms with Crippen molar-refractivity contribution in [2.24, 2.45) is 11.8 Å². The number of amides is 1. The van der Waals surface area contributed by atoms with Crippen molar-refractivity contribution in [3.8, 4) is 16.9 Å². The quantitative estimate of drug-likeness (QED) is 0.798. The summed E-state index contributed by atoms with van der Waals surface area (Å²) >= 11 is 0. The van der Waals surface area contributed by atoms with Crippen molar-refractivity contribution in [3.05, 3.63) is 48.0 Å². The number of hydrogen-bond donors (Lipinski definition) is 2. The molecule has 5 nitrogen and oxygen atoms in total. The molecule has 30 heavy (non-hydrogen) atoms. The SMILES string of the molecule is COc1cccc(-c2ccc3c(c2)[C@@H]2[C@@H](CCN2C(=O)C2CCCC2)[C@@H](CO)N3)c1. The molecule has 3 aliphatic rings. The number of methoxy groups -OCH3 is 1. The summed E-state index contributed by atoms with van der Waals surface area (Å²) in [6.45, 7) is 0.870. The highest BCUT2D eigenvalue weighted by Gasteiger charge is 2.47. The fourth-order valence-corrected chi connectivity index (χ4v) is 5.70. The highest BCUT2D eigenvalue weighted by Crippen LogP contribution is 2.48. The van der Waals surface area contributed by atoms with Gasteiger partial charge in [-0.05, 0) is 60.2 Å². The van der Waals surface area contributed by atoms with Crippen molar-refractivity contribution in [2.45, 2.75) is 44.2 Å². The number of aliphatic hydroxyl groups excluding tert-OH is 1. The largest absolute Gasteiger partial charge is 0.497 e. The number of ether oxygens (including phenoxy) is 1. The van der Waals surface area contributed by atoms with Gasteiger partial charge in [0.1, 0.15) is 5.75 Å². The molecule has 1 aliphatic carbocycles. The van der Waals surface area contributed by atoms with Crippen LogP contribution in [-0.2, 0) is 4.79 Å². The van der Waals surface area contributed by atoms with E-state index in [1.807, 2.05) is 18.2 Å². The Morgan fingerprint density at radius 1 is 1.13 bits per heavy atom. The third-order valence-corrected chi connectivity index (χ3v) is 7.26. The Hall–Kier alpha value is -2.53. The van der Waals surface area contributed by atoms with E-state index in [1.165, 1.54) is 5.56 Å². The molecule has 2 heterocycles. The lowest BCUT2D eigenvalue weighted by molar-refractivity contribution is -0.136. The van der Waals surface area contributed by atoms with Crippen molar-refractivity contribution in [3.63, 3.8) is 0 Å². The van der Waals surface area contributed by atoms with E-state index in [4.69, 9.17) is 4.74 Å². The van der Waals surface area contributed by atoms with Crippen LogP contribution in [0.2, 0.25) is 0 Å². The fourth-order valence-electron chi connectivity index (χ4n) is 5.70. The van der Waals surface area contributed by atoms with Crippen LogP contribution in [0.5, 0.6) is 5.75 Å². The van der Waals surface area contributed by atoms with Gasteiger partial charge in [-0.25, -0.2) is 0 Å². The molecule has 0 unspecified atom stereocenters. The molecule has 1 saturated heterocycles. The molecule has 5 rings (SSSR count). The van der Waals surface area contributed by atoms with E-state index in [0.29, 0.717) is 5.91 Å². The zero-order chi connectivity index (χ0) is 20.7. The highest BCUT2D eigenvalue weighted by molar-refractivity contribution is 5.81. The number of rotatable bonds is 4. The lowest BCUT2D eigenvalue weighted by Gasteiger charge is -2.40. The van der Waals surface area contributed by atoms with Crippen LogP contribution >= 0.6 is 0 Å². The average Bonchev–Trinajstić information content (AvgIpc) is 3.48. The summed E-state index contributed by atoms with van der Waals surface area (Å²) in [5.74, 6) is 1.57. The summed E-state index contributed by atoms with van der Waals surface area (Å²) in [5.41, 5.74) is 4.43. The molecule has 1 saturated carbocycles. The Morgan fingerprint density at radius 2 is 1.93 bits per heavy atom. The number of carbonyl (C=O) groups excluding carboxylic acids is 1. The molecular weight excluding hydrogens is 376 g/mol. The lowest BCUT2D eigenvalue weighted by Crippen LogP contribution is -2.44. The molecule has 158 valence electrons. The molecule has 5 heteroatoms. The van der Waals surface area contributed by atoms with E-state index in [1.54, 1.807) is 7.11 Å². The van der Waals surface area contributed by atoms with Gasteiger partial charge in [-0.3, -0.25) is 4.79 Å². The van der Waals surface area contributed by atoms with Gasteiger partial charge in [0, 0.05) is 24.1 Å². The molecular formula is C25H30N2O3. The number of nitrogens with one attached hydrogen (secondary N) is 1. The van der Waals surface area contributed by atoms with E-state index in [-0.39, 0.29) is 30.5 Å². The number of anilines is 1. The first-order valence-corrected chi connectivity index (χ1v) is 11.2. The van der Waals surface area contributed by atoms with Crippen LogP contribution in [0.1, 0.15) is 43.7 Å². The zero-order valence-electron chi connectivity index (χ0n) is 17.5. The summed E-state index contributed by atoms with van der Waals surface area (Å²) in [6.07, 6.45) is 5.30. The maximum Gasteiger partial charge on any atom is 0.226 e. The second kappa shape index (κ2) is 7.95. The van der Waals surface area contributed by atoms with Gasteiger partial charge in [-0.2, -0.15) is 0 Å². The van der Waals surface area contributed by atoms with Gasteiger partial charge in [0.25, 0.3) is 0 Å². The van der Waals surface area contributed by atoms with Crippen LogP contribution in [0, 0.1) is 11.8 Å². The minimum Gasteiger partial charge on any atom is -0.497 e. The molecule has 2 fully saturated rings. The van der Waals surface area contributed by atoms with Crippen molar-refractivity contribution in [1.29, 1.82) is 0 Å². The fraction of sp³-hybridized carbons (Fsp3) is 0.480. The third-order valence-electron chi connectivity index (χ3n) is 7.26. The minimum absolute atomic E-state index is 0.00783. The second-order valence-electron chi connectivity index (χ2n) is 8.88. The monoisotopic (exact) mass is 406 g/mol. The highest BCUT2D eigenvalue weighted by atomic mass is 16.5. The molecule has 0 bridgehead atoms. The number of likely N-dealkylation sites (tertiary alicyclic amines) is 1. The first kappa shape index (κ1) is 19.4. The molecule has 2 aromatic carbocycles. The summed E-state index contributed by atoms with van der Waals surface area (Å²) in [4.78, 5) is 15.5. The van der Waals surface area contributed by atoms with Gasteiger partial charge in [0.15, 0.2) is 0 Å². The Bertz CT molecular complexity index is 938. The number of fused-ring (bicyclic) bond motifs is 3. The molecule has 0 aromatic heterocycles. The van der Waals surface area contributed by atoms with Crippen LogP contribution < -0.4 is 10.1 Å². The summed E-state index contributed by atoms with van der Waals surface area (Å²) in [6, 6.07) is 14.5. The van der Waals surface area contributed by atoms with Crippen molar-refractivity contribution in [1.82, 2.24) is 4.90 Å². The number of carbonyl (C=O) groups is 1. The number of aliphatic hydroxyl groups is 1. The van der Waals surface area contributed by atoms with Crippen LogP contribution in [0.15, 0.2) is 42.5 Å². The zero-order valence-corrected chi connectivity index (χ0v) is 17.5. The van der Waals surface area contributed by atoms with Crippen LogP contribution in [0.25, 0.3) is 11.1 Å². The van der Waals surface area contributed by atoms with Crippen molar-refractivity contribution in [2.75, 3.05) is 25.6 Å². The Balaban J connectivity index is 1.54. The van der Waals surface area contributed by atoms with E-state index >= 15 is 0 Å². The third kappa shape index (κ3) is 3.25. The maximum atomic E-state index is 13.4. The molecule has 0 radical (unpaired) electrons. The maximum absolute atomic E-state index is 13.4. The van der Waals surface area contributed by atoms with Gasteiger partial charge in [-0.1, -0.05) is 31.0 Å². The summed E-state index contributed by atoms with van der Waals surface area (Å²) < 4.78 is 5.40. The number of benzene rings is 2. The molecule has 2 aromatic rings. The van der Waals surface area contributed by atoms with Gasteiger partial charge in [0.2, 0.25) is 5.91 Å². The van der Waals surface area contributed by atoms with E-state index < -0.39 is 0 Å². The molecule has 0 spiro atoms. The van der Waals surface area contributed by atoms with Gasteiger partial charge in [-0.15, -0.1) is 0 Å². The first-order valence-electron chi connectivity index (χ1n) is 11.2. The Labute approximate surface area is 178 Å². The molecule has 1 amide bonds. The van der Waals surface area contributed by atoms with Crippen molar-refractivity contribution >= 4 is 11.6 Å². The molecule has 2 aliphatic heterocycles. The molecule has 2 N–H and O–H groups in total. The van der Waals surface area contributed by atoms with Gasteiger partial charge < -0.3 is 20.1 Å². The smallest absolute Gasteiger partial charge is 0.226 e. The lowest BCUT2D eigenvalue weighted by atomic mass is 9.82. The Morgan fingerprint density at radius 3 is 2.70 bits per heavy atom. The van der Waals surface area contributed by atoms with E-state index in [9.17, 15) is 9.90 Å². The Kier molecular flexibility index (Phi) is 5.15. The predicted octanol–water partition coefficient (Wildman–Crippen LogP) is 4.23. The van der Waals surface area contributed by atoms with Crippen LogP contribution in [0.4, 0.5) is 5.69 Å². The van der Waals surface area contributed by atoms with Crippen molar-refractivity contribution < 1.29 is 14.6 Å². The summed E-state index contributed by atoms with van der Waals surface area (Å²) in [5, 5.41) is 13.5. The minimum atomic E-state index is -0.00783. The second-order valence-corrected chi connectivity index (χ2v) is 8.88. The first-order chi connectivity index (χ1) is 14.7. The topological polar surface area (TPSA) is 61.8 Å². The predicted molar refractivity (Wildman–Crippen MR) is 117 cm³/mol. The standard InChI is InChI=1S/C25H30N2O3/c1-30-19-8-4-7-17(13-19)18-9-10-22-21(14-18)24-20(23(15-28)26-22)11-12-27(24)25(29)16-5-2-3-6-16/h4,7-10,13-14,16,20,23-24,26,28H,2-3,5-6,11-12,15H2,1H3/t20-,23+,24-/m0/s1. The van der Waals surface area contributed by atoms with Crippen LogP contribution in [0.3, 0.4) is 0 Å². The number of hydrogen-bond acceptors (Lipinski definition) is 4. The summed E-state index contributed by atoms with van der Waals surface area (Å²) in [7, 11) is 1.68. The van der Waals surface area contributed by atoms with E-state index in [2.05, 4.69) is 34.5 Å². The average molecular weight is 407 g/mol. The van der Waals surface area contributed by atoms with Gasteiger partial charge in [0.05, 0.1) is 25.8 Å². The van der Waals surface area contributed by atoms with Gasteiger partial charge >= 0.3 is 0 Å².